The fourth-order valence-electron chi connectivity index (χ4n) is 3.11. The van der Waals surface area contributed by atoms with Crippen LogP contribution in [0.4, 0.5) is 0 Å². The molecule has 0 aliphatic heterocycles. The Balaban J connectivity index is 1.94. The van der Waals surface area contributed by atoms with Crippen molar-refractivity contribution in [2.24, 2.45) is 5.92 Å². The monoisotopic (exact) mass is 324 g/mol. The van der Waals surface area contributed by atoms with Crippen molar-refractivity contribution in [3.05, 3.63) is 29.3 Å². The summed E-state index contributed by atoms with van der Waals surface area (Å²) in [4.78, 5) is 0.421. The lowest BCUT2D eigenvalue weighted by atomic mass is 9.85. The maximum absolute atomic E-state index is 5.48. The Morgan fingerprint density at radius 1 is 1.26 bits per heavy atom. The molecule has 19 heavy (non-hydrogen) atoms. The Labute approximate surface area is 125 Å². The normalized spacial score (nSPS) is 18.3. The molecule has 0 N–H and O–H groups in total. The maximum atomic E-state index is 5.48. The second kappa shape index (κ2) is 7.33. The molecule has 1 nitrogen and oxygen atoms in total. The van der Waals surface area contributed by atoms with Gasteiger partial charge in [0.05, 0.1) is 7.11 Å². The van der Waals surface area contributed by atoms with Crippen LogP contribution in [-0.4, -0.2) is 7.11 Å². The summed E-state index contributed by atoms with van der Waals surface area (Å²) in [7, 11) is 1.76. The lowest BCUT2D eigenvalue weighted by Gasteiger charge is -2.23. The van der Waals surface area contributed by atoms with Crippen LogP contribution < -0.4 is 4.74 Å². The zero-order chi connectivity index (χ0) is 13.7. The maximum Gasteiger partial charge on any atom is 0.123 e. The van der Waals surface area contributed by atoms with Crippen molar-refractivity contribution >= 4 is 15.9 Å². The molecule has 1 saturated carbocycles. The number of alkyl halides is 1. The molecular formula is C17H25BrO. The van der Waals surface area contributed by atoms with Gasteiger partial charge in [-0.25, -0.2) is 0 Å². The lowest BCUT2D eigenvalue weighted by Crippen LogP contribution is -2.07. The number of aryl methyl sites for hydroxylation is 1. The summed E-state index contributed by atoms with van der Waals surface area (Å²) in [6.07, 6.45) is 9.74. The van der Waals surface area contributed by atoms with E-state index in [9.17, 15) is 0 Å². The minimum atomic E-state index is 0.421. The van der Waals surface area contributed by atoms with E-state index in [4.69, 9.17) is 4.74 Å². The molecule has 0 aromatic heterocycles. The quantitative estimate of drug-likeness (QED) is 0.622. The number of halogens is 1. The van der Waals surface area contributed by atoms with Crippen LogP contribution in [0.2, 0.25) is 0 Å². The van der Waals surface area contributed by atoms with E-state index in [1.54, 1.807) is 7.11 Å². The molecule has 0 saturated heterocycles. The van der Waals surface area contributed by atoms with E-state index >= 15 is 0 Å². The number of rotatable bonds is 5. The van der Waals surface area contributed by atoms with Crippen LogP contribution in [0.15, 0.2) is 18.2 Å². The van der Waals surface area contributed by atoms with Crippen LogP contribution in [0, 0.1) is 12.8 Å². The van der Waals surface area contributed by atoms with Gasteiger partial charge in [-0.2, -0.15) is 0 Å². The topological polar surface area (TPSA) is 9.23 Å². The minimum absolute atomic E-state index is 0.421. The van der Waals surface area contributed by atoms with Crippen LogP contribution in [0.1, 0.15) is 60.9 Å². The standard InChI is InChI=1S/C17H25BrO/c1-13-8-11-17(19-2)15(12-13)16(18)10-9-14-6-4-3-5-7-14/h8,11-12,14,16H,3-7,9-10H2,1-2H3. The van der Waals surface area contributed by atoms with Crippen LogP contribution >= 0.6 is 15.9 Å². The van der Waals surface area contributed by atoms with Crippen molar-refractivity contribution in [3.8, 4) is 5.75 Å². The predicted octanol–water partition coefficient (Wildman–Crippen LogP) is 5.80. The molecule has 0 heterocycles. The van der Waals surface area contributed by atoms with Crippen LogP contribution in [0.5, 0.6) is 5.75 Å². The average molecular weight is 325 g/mol. The Bertz CT molecular complexity index is 396. The van der Waals surface area contributed by atoms with Crippen molar-refractivity contribution < 1.29 is 4.74 Å². The molecule has 1 aliphatic rings. The summed E-state index contributed by atoms with van der Waals surface area (Å²) in [6, 6.07) is 6.45. The predicted molar refractivity (Wildman–Crippen MR) is 85.2 cm³/mol. The lowest BCUT2D eigenvalue weighted by molar-refractivity contribution is 0.331. The molecule has 1 fully saturated rings. The van der Waals surface area contributed by atoms with E-state index in [-0.39, 0.29) is 0 Å². The van der Waals surface area contributed by atoms with E-state index in [0.717, 1.165) is 11.7 Å². The Morgan fingerprint density at radius 2 is 2.00 bits per heavy atom. The second-order valence-corrected chi connectivity index (χ2v) is 6.90. The van der Waals surface area contributed by atoms with E-state index in [0.29, 0.717) is 4.83 Å². The van der Waals surface area contributed by atoms with Crippen LogP contribution in [-0.2, 0) is 0 Å². The molecule has 1 atom stereocenters. The van der Waals surface area contributed by atoms with Crippen molar-refractivity contribution in [1.29, 1.82) is 0 Å². The highest BCUT2D eigenvalue weighted by Crippen LogP contribution is 2.38. The summed E-state index contributed by atoms with van der Waals surface area (Å²) in [5.74, 6) is 1.96. The Hall–Kier alpha value is -0.500. The van der Waals surface area contributed by atoms with Crippen molar-refractivity contribution in [1.82, 2.24) is 0 Å². The van der Waals surface area contributed by atoms with E-state index in [2.05, 4.69) is 41.1 Å². The Morgan fingerprint density at radius 3 is 2.68 bits per heavy atom. The second-order valence-electron chi connectivity index (χ2n) is 5.79. The zero-order valence-electron chi connectivity index (χ0n) is 12.1. The van der Waals surface area contributed by atoms with Gasteiger partial charge >= 0.3 is 0 Å². The average Bonchev–Trinajstić information content (AvgIpc) is 2.46. The number of ether oxygens (including phenoxy) is 1. The summed E-state index contributed by atoms with van der Waals surface area (Å²) in [5, 5.41) is 0. The summed E-state index contributed by atoms with van der Waals surface area (Å²) in [6.45, 7) is 2.14. The molecule has 2 heteroatoms. The van der Waals surface area contributed by atoms with E-state index < -0.39 is 0 Å². The first kappa shape index (κ1) is 14.9. The van der Waals surface area contributed by atoms with Gasteiger partial charge in [0, 0.05) is 10.4 Å². The van der Waals surface area contributed by atoms with Gasteiger partial charge in [-0.1, -0.05) is 65.7 Å². The molecule has 2 rings (SSSR count). The van der Waals surface area contributed by atoms with Crippen LogP contribution in [0.25, 0.3) is 0 Å². The zero-order valence-corrected chi connectivity index (χ0v) is 13.7. The van der Waals surface area contributed by atoms with Crippen LogP contribution in [0.3, 0.4) is 0 Å². The van der Waals surface area contributed by atoms with Crippen molar-refractivity contribution in [3.63, 3.8) is 0 Å². The summed E-state index contributed by atoms with van der Waals surface area (Å²) >= 11 is 3.86. The highest BCUT2D eigenvalue weighted by atomic mass is 79.9. The van der Waals surface area contributed by atoms with Crippen molar-refractivity contribution in [2.45, 2.75) is 56.7 Å². The Kier molecular flexibility index (Phi) is 5.75. The van der Waals surface area contributed by atoms with Gasteiger partial charge in [0.1, 0.15) is 5.75 Å². The summed E-state index contributed by atoms with van der Waals surface area (Å²) < 4.78 is 5.48. The molecule has 1 aliphatic carbocycles. The van der Waals surface area contributed by atoms with Gasteiger partial charge in [0.15, 0.2) is 0 Å². The number of hydrogen-bond donors (Lipinski definition) is 0. The minimum Gasteiger partial charge on any atom is -0.496 e. The molecule has 0 bridgehead atoms. The fraction of sp³-hybridized carbons (Fsp3) is 0.647. The van der Waals surface area contributed by atoms with Crippen molar-refractivity contribution in [2.75, 3.05) is 7.11 Å². The third-order valence-electron chi connectivity index (χ3n) is 4.28. The molecular weight excluding hydrogens is 300 g/mol. The molecule has 106 valence electrons. The molecule has 0 spiro atoms. The fourth-order valence-corrected chi connectivity index (χ4v) is 3.73. The van der Waals surface area contributed by atoms with E-state index in [1.807, 2.05) is 0 Å². The third-order valence-corrected chi connectivity index (χ3v) is 5.23. The van der Waals surface area contributed by atoms with Gasteiger partial charge in [0.25, 0.3) is 0 Å². The first-order valence-corrected chi connectivity index (χ1v) is 8.41. The van der Waals surface area contributed by atoms with Gasteiger partial charge in [-0.05, 0) is 31.7 Å². The smallest absolute Gasteiger partial charge is 0.123 e. The number of methoxy groups -OCH3 is 1. The molecule has 1 unspecified atom stereocenters. The molecule has 1 aromatic carbocycles. The molecule has 0 amide bonds. The van der Waals surface area contributed by atoms with Gasteiger partial charge in [-0.3, -0.25) is 0 Å². The third kappa shape index (κ3) is 4.24. The first-order valence-electron chi connectivity index (χ1n) is 7.49. The summed E-state index contributed by atoms with van der Waals surface area (Å²) in [5.41, 5.74) is 2.61. The van der Waals surface area contributed by atoms with Gasteiger partial charge in [0.2, 0.25) is 0 Å². The molecule has 0 radical (unpaired) electrons. The molecule has 1 aromatic rings. The number of hydrogen-bond acceptors (Lipinski definition) is 1. The first-order chi connectivity index (χ1) is 9.20. The van der Waals surface area contributed by atoms with Gasteiger partial charge in [-0.15, -0.1) is 0 Å². The number of benzene rings is 1. The highest BCUT2D eigenvalue weighted by molar-refractivity contribution is 9.09. The largest absolute Gasteiger partial charge is 0.496 e. The van der Waals surface area contributed by atoms with E-state index in [1.165, 1.54) is 56.1 Å². The van der Waals surface area contributed by atoms with Gasteiger partial charge < -0.3 is 4.74 Å². The SMILES string of the molecule is COc1ccc(C)cc1C(Br)CCC1CCCCC1. The highest BCUT2D eigenvalue weighted by Gasteiger charge is 2.18.